The lowest BCUT2D eigenvalue weighted by molar-refractivity contribution is 0.870. The second-order valence-electron chi connectivity index (χ2n) is 4.88. The molecular formula is C16H14N4O. The van der Waals surface area contributed by atoms with Gasteiger partial charge < -0.3 is 4.98 Å². The molecule has 21 heavy (non-hydrogen) atoms. The lowest BCUT2D eigenvalue weighted by Gasteiger charge is -2.11. The number of aryl methyl sites for hydroxylation is 1. The van der Waals surface area contributed by atoms with Crippen LogP contribution in [0.25, 0.3) is 16.9 Å². The number of nitriles is 1. The number of H-pyrrole nitrogens is 1. The standard InChI is InChI=1S/C16H14N4O/c1-3-12-14(13-7-5-4-6-10(13)2)19-15-11(8-17)9-18-20(15)16(12)21/h4-7,9,19H,3H2,1-2H3. The largest absolute Gasteiger partial charge is 0.338 e. The van der Waals surface area contributed by atoms with E-state index in [-0.39, 0.29) is 5.56 Å². The fourth-order valence-electron chi connectivity index (χ4n) is 2.54. The second-order valence-corrected chi connectivity index (χ2v) is 4.88. The topological polar surface area (TPSA) is 73.9 Å². The van der Waals surface area contributed by atoms with Crippen molar-refractivity contribution >= 4 is 5.65 Å². The van der Waals surface area contributed by atoms with Gasteiger partial charge in [0.25, 0.3) is 5.56 Å². The van der Waals surface area contributed by atoms with E-state index in [1.54, 1.807) is 0 Å². The van der Waals surface area contributed by atoms with Gasteiger partial charge in [0.15, 0.2) is 5.65 Å². The van der Waals surface area contributed by atoms with Crippen molar-refractivity contribution < 1.29 is 0 Å². The predicted octanol–water partition coefficient (Wildman–Crippen LogP) is 2.43. The Morgan fingerprint density at radius 3 is 2.81 bits per heavy atom. The highest BCUT2D eigenvalue weighted by molar-refractivity contribution is 5.70. The van der Waals surface area contributed by atoms with Crippen LogP contribution < -0.4 is 5.56 Å². The minimum atomic E-state index is -0.175. The fourth-order valence-corrected chi connectivity index (χ4v) is 2.54. The van der Waals surface area contributed by atoms with E-state index in [4.69, 9.17) is 5.26 Å². The summed E-state index contributed by atoms with van der Waals surface area (Å²) in [5, 5.41) is 13.1. The van der Waals surface area contributed by atoms with Crippen LogP contribution in [0.15, 0.2) is 35.3 Å². The maximum Gasteiger partial charge on any atom is 0.278 e. The van der Waals surface area contributed by atoms with Crippen LogP contribution >= 0.6 is 0 Å². The van der Waals surface area contributed by atoms with E-state index in [1.165, 1.54) is 10.7 Å². The third-order valence-corrected chi connectivity index (χ3v) is 3.65. The van der Waals surface area contributed by atoms with Gasteiger partial charge in [-0.1, -0.05) is 31.2 Å². The van der Waals surface area contributed by atoms with Crippen LogP contribution in [-0.2, 0) is 6.42 Å². The average molecular weight is 278 g/mol. The number of nitrogens with one attached hydrogen (secondary N) is 1. The second kappa shape index (κ2) is 4.91. The van der Waals surface area contributed by atoms with Crippen LogP contribution in [0.5, 0.6) is 0 Å². The zero-order valence-corrected chi connectivity index (χ0v) is 11.8. The lowest BCUT2D eigenvalue weighted by atomic mass is 10.0. The van der Waals surface area contributed by atoms with E-state index in [0.29, 0.717) is 23.2 Å². The van der Waals surface area contributed by atoms with Crippen LogP contribution in [0, 0.1) is 18.3 Å². The van der Waals surface area contributed by atoms with Gasteiger partial charge in [-0.05, 0) is 18.9 Å². The van der Waals surface area contributed by atoms with Crippen LogP contribution in [0.2, 0.25) is 0 Å². The summed E-state index contributed by atoms with van der Waals surface area (Å²) in [4.78, 5) is 15.8. The summed E-state index contributed by atoms with van der Waals surface area (Å²) < 4.78 is 1.26. The molecule has 5 heteroatoms. The van der Waals surface area contributed by atoms with Gasteiger partial charge in [-0.2, -0.15) is 14.9 Å². The van der Waals surface area contributed by atoms with E-state index in [0.717, 1.165) is 16.8 Å². The van der Waals surface area contributed by atoms with Crippen molar-refractivity contribution in [2.45, 2.75) is 20.3 Å². The quantitative estimate of drug-likeness (QED) is 0.782. The van der Waals surface area contributed by atoms with Gasteiger partial charge in [0.05, 0.1) is 11.9 Å². The molecule has 0 amide bonds. The summed E-state index contributed by atoms with van der Waals surface area (Å²) in [6.07, 6.45) is 2.00. The van der Waals surface area contributed by atoms with Crippen LogP contribution in [0.4, 0.5) is 0 Å². The highest BCUT2D eigenvalue weighted by Crippen LogP contribution is 2.24. The molecule has 0 saturated carbocycles. The maximum atomic E-state index is 12.6. The Kier molecular flexibility index (Phi) is 3.07. The molecule has 0 aliphatic rings. The molecule has 0 unspecified atom stereocenters. The average Bonchev–Trinajstić information content (AvgIpc) is 2.91. The van der Waals surface area contributed by atoms with Gasteiger partial charge in [-0.15, -0.1) is 0 Å². The van der Waals surface area contributed by atoms with Crippen molar-refractivity contribution in [3.63, 3.8) is 0 Å². The predicted molar refractivity (Wildman–Crippen MR) is 80.1 cm³/mol. The maximum absolute atomic E-state index is 12.6. The third kappa shape index (κ3) is 1.93. The van der Waals surface area contributed by atoms with Gasteiger partial charge in [-0.25, -0.2) is 0 Å². The number of aromatic nitrogens is 3. The van der Waals surface area contributed by atoms with Gasteiger partial charge >= 0.3 is 0 Å². The van der Waals surface area contributed by atoms with Crippen molar-refractivity contribution in [3.05, 3.63) is 57.5 Å². The van der Waals surface area contributed by atoms with Gasteiger partial charge in [0.2, 0.25) is 0 Å². The zero-order valence-electron chi connectivity index (χ0n) is 11.8. The molecule has 3 aromatic rings. The summed E-state index contributed by atoms with van der Waals surface area (Å²) in [6.45, 7) is 3.94. The molecule has 2 aromatic heterocycles. The summed E-state index contributed by atoms with van der Waals surface area (Å²) in [5.41, 5.74) is 4.12. The molecule has 0 spiro atoms. The zero-order chi connectivity index (χ0) is 15.0. The highest BCUT2D eigenvalue weighted by atomic mass is 16.1. The molecule has 0 aliphatic carbocycles. The Morgan fingerprint density at radius 2 is 2.14 bits per heavy atom. The first-order chi connectivity index (χ1) is 10.2. The minimum absolute atomic E-state index is 0.175. The molecule has 0 fully saturated rings. The van der Waals surface area contributed by atoms with Gasteiger partial charge in [-0.3, -0.25) is 4.79 Å². The van der Waals surface area contributed by atoms with Gasteiger partial charge in [0.1, 0.15) is 11.6 Å². The number of nitrogens with zero attached hydrogens (tertiary/aromatic N) is 3. The summed E-state index contributed by atoms with van der Waals surface area (Å²) >= 11 is 0. The molecule has 104 valence electrons. The monoisotopic (exact) mass is 278 g/mol. The van der Waals surface area contributed by atoms with Crippen molar-refractivity contribution in [2.75, 3.05) is 0 Å². The molecule has 2 heterocycles. The first-order valence-electron chi connectivity index (χ1n) is 6.76. The summed E-state index contributed by atoms with van der Waals surface area (Å²) in [7, 11) is 0. The highest BCUT2D eigenvalue weighted by Gasteiger charge is 2.16. The van der Waals surface area contributed by atoms with Crippen molar-refractivity contribution in [1.82, 2.24) is 14.6 Å². The summed E-state index contributed by atoms with van der Waals surface area (Å²) in [5.74, 6) is 0. The normalized spacial score (nSPS) is 10.7. The molecule has 0 saturated heterocycles. The van der Waals surface area contributed by atoms with Crippen LogP contribution in [0.3, 0.4) is 0 Å². The molecule has 5 nitrogen and oxygen atoms in total. The lowest BCUT2D eigenvalue weighted by Crippen LogP contribution is -2.21. The molecule has 1 N–H and O–H groups in total. The molecular weight excluding hydrogens is 264 g/mol. The third-order valence-electron chi connectivity index (χ3n) is 3.65. The molecule has 1 aromatic carbocycles. The van der Waals surface area contributed by atoms with Crippen molar-refractivity contribution in [2.24, 2.45) is 0 Å². The SMILES string of the molecule is CCc1c(-c2ccccc2C)[nH]c2c(C#N)cnn2c1=O. The van der Waals surface area contributed by atoms with Crippen LogP contribution in [-0.4, -0.2) is 14.6 Å². The van der Waals surface area contributed by atoms with Crippen LogP contribution in [0.1, 0.15) is 23.6 Å². The number of fused-ring (bicyclic) bond motifs is 1. The molecule has 0 aliphatic heterocycles. The number of rotatable bonds is 2. The first kappa shape index (κ1) is 13.1. The molecule has 0 atom stereocenters. The number of benzene rings is 1. The van der Waals surface area contributed by atoms with E-state index in [1.807, 2.05) is 38.1 Å². The Bertz CT molecular complexity index is 928. The van der Waals surface area contributed by atoms with E-state index < -0.39 is 0 Å². The minimum Gasteiger partial charge on any atom is -0.338 e. The fraction of sp³-hybridized carbons (Fsp3) is 0.188. The van der Waals surface area contributed by atoms with E-state index in [9.17, 15) is 4.79 Å². The van der Waals surface area contributed by atoms with E-state index in [2.05, 4.69) is 16.2 Å². The molecule has 0 bridgehead atoms. The Balaban J connectivity index is 2.45. The van der Waals surface area contributed by atoms with Crippen molar-refractivity contribution in [3.8, 4) is 17.3 Å². The Morgan fingerprint density at radius 1 is 1.38 bits per heavy atom. The Hall–Kier alpha value is -2.87. The first-order valence-corrected chi connectivity index (χ1v) is 6.76. The van der Waals surface area contributed by atoms with E-state index >= 15 is 0 Å². The number of aromatic amines is 1. The summed E-state index contributed by atoms with van der Waals surface area (Å²) in [6, 6.07) is 9.92. The van der Waals surface area contributed by atoms with Crippen molar-refractivity contribution in [1.29, 1.82) is 5.26 Å². The Labute approximate surface area is 121 Å². The molecule has 3 rings (SSSR count). The number of hydrogen-bond acceptors (Lipinski definition) is 3. The van der Waals surface area contributed by atoms with Gasteiger partial charge in [0, 0.05) is 11.1 Å². The number of hydrogen-bond donors (Lipinski definition) is 1. The smallest absolute Gasteiger partial charge is 0.278 e. The molecule has 0 radical (unpaired) electrons.